The van der Waals surface area contributed by atoms with Gasteiger partial charge in [-0.15, -0.1) is 0 Å². The molecule has 2 aromatic carbocycles. The van der Waals surface area contributed by atoms with Gasteiger partial charge in [-0.1, -0.05) is 35.9 Å². The quantitative estimate of drug-likeness (QED) is 0.900. The lowest BCUT2D eigenvalue weighted by molar-refractivity contribution is 0.414. The average Bonchev–Trinajstić information content (AvgIpc) is 2.47. The molecule has 20 heavy (non-hydrogen) atoms. The molecule has 2 heteroatoms. The summed E-state index contributed by atoms with van der Waals surface area (Å²) in [6, 6.07) is 14.9. The van der Waals surface area contributed by atoms with Crippen LogP contribution in [0.2, 0.25) is 0 Å². The minimum atomic E-state index is 0.351. The van der Waals surface area contributed by atoms with Crippen molar-refractivity contribution in [3.05, 3.63) is 64.7 Å². The molecule has 0 radical (unpaired) electrons. The zero-order chi connectivity index (χ0) is 14.5. The third-order valence-electron chi connectivity index (χ3n) is 3.80. The van der Waals surface area contributed by atoms with Crippen LogP contribution in [0.1, 0.15) is 28.2 Å². The van der Waals surface area contributed by atoms with Gasteiger partial charge < -0.3 is 10.5 Å². The number of benzene rings is 2. The van der Waals surface area contributed by atoms with Crippen LogP contribution in [0.25, 0.3) is 0 Å². The molecule has 1 atom stereocenters. The molecule has 106 valence electrons. The summed E-state index contributed by atoms with van der Waals surface area (Å²) >= 11 is 0. The van der Waals surface area contributed by atoms with Gasteiger partial charge in [-0.05, 0) is 55.6 Å². The second-order valence-electron chi connectivity index (χ2n) is 5.34. The Bertz CT molecular complexity index is 560. The minimum absolute atomic E-state index is 0.351. The van der Waals surface area contributed by atoms with Gasteiger partial charge >= 0.3 is 0 Å². The summed E-state index contributed by atoms with van der Waals surface area (Å²) in [6.07, 6.45) is 0.976. The average molecular weight is 269 g/mol. The Kier molecular flexibility index (Phi) is 4.80. The fourth-order valence-corrected chi connectivity index (χ4v) is 2.56. The van der Waals surface area contributed by atoms with E-state index >= 15 is 0 Å². The van der Waals surface area contributed by atoms with Crippen LogP contribution in [0.5, 0.6) is 5.75 Å². The van der Waals surface area contributed by atoms with E-state index in [0.717, 1.165) is 12.2 Å². The van der Waals surface area contributed by atoms with E-state index in [2.05, 4.69) is 50.2 Å². The highest BCUT2D eigenvalue weighted by Crippen LogP contribution is 2.26. The fraction of sp³-hybridized carbons (Fsp3) is 0.333. The monoisotopic (exact) mass is 269 g/mol. The summed E-state index contributed by atoms with van der Waals surface area (Å²) in [5.41, 5.74) is 11.2. The molecular formula is C18H23NO. The van der Waals surface area contributed by atoms with Crippen LogP contribution >= 0.6 is 0 Å². The van der Waals surface area contributed by atoms with Crippen LogP contribution in [-0.4, -0.2) is 13.7 Å². The normalized spacial score (nSPS) is 12.2. The number of hydrogen-bond acceptors (Lipinski definition) is 2. The molecule has 2 N–H and O–H groups in total. The first-order valence-electron chi connectivity index (χ1n) is 7.04. The molecule has 0 aliphatic heterocycles. The number of rotatable bonds is 5. The van der Waals surface area contributed by atoms with E-state index in [1.807, 2.05) is 6.07 Å². The van der Waals surface area contributed by atoms with Gasteiger partial charge in [0, 0.05) is 5.92 Å². The third kappa shape index (κ3) is 3.40. The highest BCUT2D eigenvalue weighted by molar-refractivity contribution is 5.38. The van der Waals surface area contributed by atoms with Crippen LogP contribution in [0, 0.1) is 13.8 Å². The maximum Gasteiger partial charge on any atom is 0.119 e. The van der Waals surface area contributed by atoms with Crippen LogP contribution in [-0.2, 0) is 6.42 Å². The molecule has 0 fully saturated rings. The SMILES string of the molecule is COc1ccc(C(CN)Cc2ccc(C)cc2)c(C)c1. The van der Waals surface area contributed by atoms with E-state index in [0.29, 0.717) is 12.5 Å². The zero-order valence-electron chi connectivity index (χ0n) is 12.5. The molecule has 0 heterocycles. The molecule has 0 aliphatic carbocycles. The summed E-state index contributed by atoms with van der Waals surface area (Å²) in [6.45, 7) is 4.88. The van der Waals surface area contributed by atoms with Crippen molar-refractivity contribution in [2.24, 2.45) is 5.73 Å². The van der Waals surface area contributed by atoms with Crippen molar-refractivity contribution in [3.63, 3.8) is 0 Å². The Hall–Kier alpha value is -1.80. The molecule has 0 spiro atoms. The van der Waals surface area contributed by atoms with E-state index in [4.69, 9.17) is 10.5 Å². The molecule has 0 aromatic heterocycles. The summed E-state index contributed by atoms with van der Waals surface area (Å²) < 4.78 is 5.26. The summed E-state index contributed by atoms with van der Waals surface area (Å²) in [4.78, 5) is 0. The lowest BCUT2D eigenvalue weighted by Crippen LogP contribution is -2.16. The molecule has 1 unspecified atom stereocenters. The first kappa shape index (κ1) is 14.6. The second-order valence-corrected chi connectivity index (χ2v) is 5.34. The summed E-state index contributed by atoms with van der Waals surface area (Å²) in [5.74, 6) is 1.25. The predicted octanol–water partition coefficient (Wildman–Crippen LogP) is 3.60. The number of methoxy groups -OCH3 is 1. The van der Waals surface area contributed by atoms with Gasteiger partial charge in [-0.3, -0.25) is 0 Å². The Balaban J connectivity index is 2.21. The van der Waals surface area contributed by atoms with E-state index in [1.54, 1.807) is 7.11 Å². The molecule has 0 amide bonds. The molecule has 0 saturated carbocycles. The topological polar surface area (TPSA) is 35.2 Å². The summed E-state index contributed by atoms with van der Waals surface area (Å²) in [5, 5.41) is 0. The number of ether oxygens (including phenoxy) is 1. The van der Waals surface area contributed by atoms with Crippen molar-refractivity contribution in [1.29, 1.82) is 0 Å². The smallest absolute Gasteiger partial charge is 0.119 e. The van der Waals surface area contributed by atoms with Crippen molar-refractivity contribution in [2.45, 2.75) is 26.2 Å². The fourth-order valence-electron chi connectivity index (χ4n) is 2.56. The van der Waals surface area contributed by atoms with E-state index in [1.165, 1.54) is 22.3 Å². The highest BCUT2D eigenvalue weighted by Gasteiger charge is 2.13. The standard InChI is InChI=1S/C18H23NO/c1-13-4-6-15(7-5-13)11-16(12-19)18-9-8-17(20-3)10-14(18)2/h4-10,16H,11-12,19H2,1-3H3. The van der Waals surface area contributed by atoms with Crippen LogP contribution in [0.4, 0.5) is 0 Å². The first-order chi connectivity index (χ1) is 9.63. The second kappa shape index (κ2) is 6.58. The lowest BCUT2D eigenvalue weighted by Gasteiger charge is -2.18. The van der Waals surface area contributed by atoms with E-state index < -0.39 is 0 Å². The van der Waals surface area contributed by atoms with Crippen LogP contribution in [0.15, 0.2) is 42.5 Å². The van der Waals surface area contributed by atoms with Gasteiger partial charge in [0.2, 0.25) is 0 Å². The third-order valence-corrected chi connectivity index (χ3v) is 3.80. The van der Waals surface area contributed by atoms with Gasteiger partial charge in [0.05, 0.1) is 7.11 Å². The van der Waals surface area contributed by atoms with Crippen molar-refractivity contribution in [2.75, 3.05) is 13.7 Å². The lowest BCUT2D eigenvalue weighted by atomic mass is 9.89. The van der Waals surface area contributed by atoms with Crippen molar-refractivity contribution in [3.8, 4) is 5.75 Å². The summed E-state index contributed by atoms with van der Waals surface area (Å²) in [7, 11) is 1.70. The van der Waals surface area contributed by atoms with Gasteiger partial charge in [-0.2, -0.15) is 0 Å². The molecule has 2 aromatic rings. The maximum absolute atomic E-state index is 5.99. The maximum atomic E-state index is 5.99. The van der Waals surface area contributed by atoms with E-state index in [9.17, 15) is 0 Å². The Labute approximate surface area is 121 Å². The molecule has 2 rings (SSSR count). The van der Waals surface area contributed by atoms with Gasteiger partial charge in [0.15, 0.2) is 0 Å². The highest BCUT2D eigenvalue weighted by atomic mass is 16.5. The number of nitrogens with two attached hydrogens (primary N) is 1. The minimum Gasteiger partial charge on any atom is -0.497 e. The van der Waals surface area contributed by atoms with E-state index in [-0.39, 0.29) is 0 Å². The Morgan fingerprint density at radius 3 is 2.30 bits per heavy atom. The van der Waals surface area contributed by atoms with Crippen LogP contribution < -0.4 is 10.5 Å². The molecule has 0 bridgehead atoms. The van der Waals surface area contributed by atoms with Gasteiger partial charge in [-0.25, -0.2) is 0 Å². The van der Waals surface area contributed by atoms with Gasteiger partial charge in [0.1, 0.15) is 5.75 Å². The van der Waals surface area contributed by atoms with Crippen molar-refractivity contribution in [1.82, 2.24) is 0 Å². The number of aryl methyl sites for hydroxylation is 2. The first-order valence-corrected chi connectivity index (χ1v) is 7.04. The zero-order valence-corrected chi connectivity index (χ0v) is 12.5. The Morgan fingerprint density at radius 1 is 1.05 bits per heavy atom. The largest absolute Gasteiger partial charge is 0.497 e. The number of hydrogen-bond donors (Lipinski definition) is 1. The van der Waals surface area contributed by atoms with Crippen molar-refractivity contribution >= 4 is 0 Å². The Morgan fingerprint density at radius 2 is 1.75 bits per heavy atom. The van der Waals surface area contributed by atoms with Crippen molar-refractivity contribution < 1.29 is 4.74 Å². The molecular weight excluding hydrogens is 246 g/mol. The molecule has 0 aliphatic rings. The van der Waals surface area contributed by atoms with Gasteiger partial charge in [0.25, 0.3) is 0 Å². The van der Waals surface area contributed by atoms with Crippen LogP contribution in [0.3, 0.4) is 0 Å². The predicted molar refractivity (Wildman–Crippen MR) is 84.4 cm³/mol. The molecule has 2 nitrogen and oxygen atoms in total. The molecule has 0 saturated heterocycles.